The summed E-state index contributed by atoms with van der Waals surface area (Å²) in [6.07, 6.45) is 0.352. The maximum Gasteiger partial charge on any atom is 0.0641 e. The van der Waals surface area contributed by atoms with Crippen LogP contribution in [0.4, 0.5) is 5.69 Å². The van der Waals surface area contributed by atoms with E-state index >= 15 is 0 Å². The zero-order chi connectivity index (χ0) is 10.6. The summed E-state index contributed by atoms with van der Waals surface area (Å²) in [6.45, 7) is 0. The Bertz CT molecular complexity index is 339. The molecule has 74 valence electrons. The molecular formula is C11H15N3. The zero-order valence-corrected chi connectivity index (χ0v) is 8.57. The van der Waals surface area contributed by atoms with E-state index in [0.29, 0.717) is 6.42 Å². The van der Waals surface area contributed by atoms with Crippen molar-refractivity contribution in [2.24, 2.45) is 5.73 Å². The molecular weight excluding hydrogens is 174 g/mol. The van der Waals surface area contributed by atoms with Gasteiger partial charge in [-0.2, -0.15) is 5.26 Å². The third-order valence-electron chi connectivity index (χ3n) is 2.13. The number of nitrogens with two attached hydrogens (primary N) is 1. The van der Waals surface area contributed by atoms with E-state index < -0.39 is 0 Å². The maximum absolute atomic E-state index is 8.58. The van der Waals surface area contributed by atoms with Crippen molar-refractivity contribution in [2.45, 2.75) is 12.5 Å². The molecule has 0 aromatic heterocycles. The molecule has 0 bridgehead atoms. The average Bonchev–Trinajstić information content (AvgIpc) is 2.18. The van der Waals surface area contributed by atoms with E-state index in [2.05, 4.69) is 6.07 Å². The topological polar surface area (TPSA) is 53.0 Å². The van der Waals surface area contributed by atoms with Crippen LogP contribution in [0.15, 0.2) is 24.3 Å². The van der Waals surface area contributed by atoms with E-state index in [0.717, 1.165) is 11.3 Å². The molecule has 0 saturated carbocycles. The van der Waals surface area contributed by atoms with E-state index in [1.807, 2.05) is 43.3 Å². The number of nitriles is 1. The maximum atomic E-state index is 8.58. The van der Waals surface area contributed by atoms with Crippen LogP contribution in [0, 0.1) is 11.3 Å². The lowest BCUT2D eigenvalue weighted by atomic mass is 10.0. The van der Waals surface area contributed by atoms with Crippen LogP contribution in [0.5, 0.6) is 0 Å². The Hall–Kier alpha value is -1.53. The van der Waals surface area contributed by atoms with E-state index in [1.165, 1.54) is 0 Å². The first-order valence-electron chi connectivity index (χ1n) is 4.55. The van der Waals surface area contributed by atoms with Gasteiger partial charge in [0.2, 0.25) is 0 Å². The lowest BCUT2D eigenvalue weighted by Crippen LogP contribution is -2.16. The van der Waals surface area contributed by atoms with Crippen LogP contribution in [-0.2, 0) is 0 Å². The molecule has 2 N–H and O–H groups in total. The average molecular weight is 189 g/mol. The molecule has 3 heteroatoms. The van der Waals surface area contributed by atoms with Gasteiger partial charge in [0.1, 0.15) is 0 Å². The Kier molecular flexibility index (Phi) is 3.49. The molecule has 1 aromatic rings. The van der Waals surface area contributed by atoms with Gasteiger partial charge in [0.25, 0.3) is 0 Å². The number of hydrogen-bond acceptors (Lipinski definition) is 3. The predicted molar refractivity (Wildman–Crippen MR) is 57.9 cm³/mol. The second-order valence-corrected chi connectivity index (χ2v) is 3.42. The van der Waals surface area contributed by atoms with Crippen molar-refractivity contribution in [3.05, 3.63) is 29.8 Å². The highest BCUT2D eigenvalue weighted by Crippen LogP contribution is 2.24. The minimum Gasteiger partial charge on any atom is -0.377 e. The lowest BCUT2D eigenvalue weighted by molar-refractivity contribution is 0.746. The first-order chi connectivity index (χ1) is 6.66. The molecule has 0 fully saturated rings. The molecule has 0 aliphatic heterocycles. The number of benzene rings is 1. The van der Waals surface area contributed by atoms with Crippen LogP contribution < -0.4 is 10.6 Å². The molecule has 0 spiro atoms. The summed E-state index contributed by atoms with van der Waals surface area (Å²) in [5, 5.41) is 8.58. The van der Waals surface area contributed by atoms with Crippen LogP contribution in [0.2, 0.25) is 0 Å². The van der Waals surface area contributed by atoms with Gasteiger partial charge in [-0.15, -0.1) is 0 Å². The highest BCUT2D eigenvalue weighted by atomic mass is 15.1. The molecule has 14 heavy (non-hydrogen) atoms. The largest absolute Gasteiger partial charge is 0.377 e. The van der Waals surface area contributed by atoms with Crippen LogP contribution >= 0.6 is 0 Å². The number of anilines is 1. The van der Waals surface area contributed by atoms with Gasteiger partial charge in [0.15, 0.2) is 0 Å². The van der Waals surface area contributed by atoms with Crippen LogP contribution in [0.25, 0.3) is 0 Å². The second-order valence-electron chi connectivity index (χ2n) is 3.42. The molecule has 1 rings (SSSR count). The van der Waals surface area contributed by atoms with Crippen LogP contribution in [0.1, 0.15) is 18.0 Å². The van der Waals surface area contributed by atoms with Crippen molar-refractivity contribution >= 4 is 5.69 Å². The first-order valence-corrected chi connectivity index (χ1v) is 4.55. The zero-order valence-electron chi connectivity index (χ0n) is 8.57. The van der Waals surface area contributed by atoms with Crippen molar-refractivity contribution in [1.82, 2.24) is 0 Å². The van der Waals surface area contributed by atoms with Crippen molar-refractivity contribution in [1.29, 1.82) is 5.26 Å². The van der Waals surface area contributed by atoms with Gasteiger partial charge in [-0.05, 0) is 11.6 Å². The third-order valence-corrected chi connectivity index (χ3v) is 2.13. The Morgan fingerprint density at radius 3 is 2.64 bits per heavy atom. The first kappa shape index (κ1) is 10.6. The summed E-state index contributed by atoms with van der Waals surface area (Å²) in [6, 6.07) is 9.78. The second kappa shape index (κ2) is 4.64. The SMILES string of the molecule is CN(C)c1ccccc1[C@H](N)CC#N. The fourth-order valence-corrected chi connectivity index (χ4v) is 1.42. The van der Waals surface area contributed by atoms with Gasteiger partial charge >= 0.3 is 0 Å². The van der Waals surface area contributed by atoms with Gasteiger partial charge in [0, 0.05) is 25.8 Å². The molecule has 1 atom stereocenters. The highest BCUT2D eigenvalue weighted by molar-refractivity contribution is 5.53. The van der Waals surface area contributed by atoms with E-state index in [9.17, 15) is 0 Å². The molecule has 1 aromatic carbocycles. The van der Waals surface area contributed by atoms with Crippen LogP contribution in [-0.4, -0.2) is 14.1 Å². The molecule has 3 nitrogen and oxygen atoms in total. The molecule has 0 amide bonds. The molecule has 0 unspecified atom stereocenters. The fourth-order valence-electron chi connectivity index (χ4n) is 1.42. The Labute approximate surface area is 84.7 Å². The fraction of sp³-hybridized carbons (Fsp3) is 0.364. The molecule has 0 radical (unpaired) electrons. The van der Waals surface area contributed by atoms with Crippen molar-refractivity contribution in [2.75, 3.05) is 19.0 Å². The number of hydrogen-bond donors (Lipinski definition) is 1. The minimum atomic E-state index is -0.196. The summed E-state index contributed by atoms with van der Waals surface area (Å²) in [5.74, 6) is 0. The number of nitrogens with zero attached hydrogens (tertiary/aromatic N) is 2. The molecule has 0 saturated heterocycles. The molecule has 0 heterocycles. The summed E-state index contributed by atoms with van der Waals surface area (Å²) in [7, 11) is 3.94. The van der Waals surface area contributed by atoms with Crippen molar-refractivity contribution in [3.8, 4) is 6.07 Å². The van der Waals surface area contributed by atoms with E-state index in [1.54, 1.807) is 0 Å². The van der Waals surface area contributed by atoms with E-state index in [-0.39, 0.29) is 6.04 Å². The summed E-state index contributed by atoms with van der Waals surface area (Å²) in [4.78, 5) is 2.01. The Morgan fingerprint density at radius 1 is 1.43 bits per heavy atom. The number of rotatable bonds is 3. The van der Waals surface area contributed by atoms with Crippen molar-refractivity contribution in [3.63, 3.8) is 0 Å². The summed E-state index contributed by atoms with van der Waals surface area (Å²) < 4.78 is 0. The van der Waals surface area contributed by atoms with E-state index in [4.69, 9.17) is 11.0 Å². The standard InChI is InChI=1S/C11H15N3/c1-14(2)11-6-4-3-5-9(11)10(13)7-8-12/h3-6,10H,7,13H2,1-2H3/t10-/m1/s1. The highest BCUT2D eigenvalue weighted by Gasteiger charge is 2.10. The minimum absolute atomic E-state index is 0.196. The Morgan fingerprint density at radius 2 is 2.07 bits per heavy atom. The van der Waals surface area contributed by atoms with Crippen molar-refractivity contribution < 1.29 is 0 Å². The van der Waals surface area contributed by atoms with Gasteiger partial charge in [-0.1, -0.05) is 18.2 Å². The smallest absolute Gasteiger partial charge is 0.0641 e. The number of para-hydroxylation sites is 1. The third kappa shape index (κ3) is 2.24. The van der Waals surface area contributed by atoms with Gasteiger partial charge in [-0.25, -0.2) is 0 Å². The summed E-state index contributed by atoms with van der Waals surface area (Å²) >= 11 is 0. The lowest BCUT2D eigenvalue weighted by Gasteiger charge is -2.19. The predicted octanol–water partition coefficient (Wildman–Crippen LogP) is 1.67. The van der Waals surface area contributed by atoms with Crippen LogP contribution in [0.3, 0.4) is 0 Å². The summed E-state index contributed by atoms with van der Waals surface area (Å²) in [5.41, 5.74) is 8.00. The quantitative estimate of drug-likeness (QED) is 0.786. The van der Waals surface area contributed by atoms with Gasteiger partial charge in [-0.3, -0.25) is 0 Å². The molecule has 0 aliphatic rings. The normalized spacial score (nSPS) is 11.9. The van der Waals surface area contributed by atoms with Gasteiger partial charge < -0.3 is 10.6 Å². The monoisotopic (exact) mass is 189 g/mol. The molecule has 0 aliphatic carbocycles. The Balaban J connectivity index is 3.01. The van der Waals surface area contributed by atoms with Gasteiger partial charge in [0.05, 0.1) is 12.5 Å².